The SMILES string of the molecule is O=C1c2ccccc2C(=O)N1CCSC/C=C/c1ccccc1. The minimum absolute atomic E-state index is 0.175. The molecule has 0 unspecified atom stereocenters. The maximum absolute atomic E-state index is 12.2. The fourth-order valence-electron chi connectivity index (χ4n) is 2.50. The first-order valence-electron chi connectivity index (χ1n) is 7.52. The molecule has 2 aromatic rings. The van der Waals surface area contributed by atoms with Crippen LogP contribution in [0.5, 0.6) is 0 Å². The Hall–Kier alpha value is -2.33. The van der Waals surface area contributed by atoms with E-state index in [2.05, 4.69) is 24.3 Å². The summed E-state index contributed by atoms with van der Waals surface area (Å²) in [5.74, 6) is 1.25. The zero-order chi connectivity index (χ0) is 16.1. The van der Waals surface area contributed by atoms with E-state index in [-0.39, 0.29) is 11.8 Å². The van der Waals surface area contributed by atoms with E-state index >= 15 is 0 Å². The lowest BCUT2D eigenvalue weighted by Crippen LogP contribution is -2.31. The van der Waals surface area contributed by atoms with E-state index in [1.54, 1.807) is 36.0 Å². The molecule has 2 amide bonds. The number of thioether (sulfide) groups is 1. The lowest BCUT2D eigenvalue weighted by Gasteiger charge is -2.12. The van der Waals surface area contributed by atoms with Crippen LogP contribution in [-0.2, 0) is 0 Å². The Balaban J connectivity index is 1.46. The number of fused-ring (bicyclic) bond motifs is 1. The standard InChI is InChI=1S/C19H17NO2S/c21-18-16-10-4-5-11-17(16)19(22)20(18)12-14-23-13-6-9-15-7-2-1-3-8-15/h1-11H,12-14H2/b9-6+. The Morgan fingerprint density at radius 3 is 2.13 bits per heavy atom. The largest absolute Gasteiger partial charge is 0.274 e. The van der Waals surface area contributed by atoms with Crippen LogP contribution in [0.1, 0.15) is 26.3 Å². The van der Waals surface area contributed by atoms with Crippen molar-refractivity contribution in [2.24, 2.45) is 0 Å². The van der Waals surface area contributed by atoms with Crippen LogP contribution in [0.15, 0.2) is 60.7 Å². The van der Waals surface area contributed by atoms with Crippen molar-refractivity contribution in [3.63, 3.8) is 0 Å². The van der Waals surface area contributed by atoms with Gasteiger partial charge in [-0.1, -0.05) is 54.6 Å². The van der Waals surface area contributed by atoms with Gasteiger partial charge in [0.2, 0.25) is 0 Å². The third-order valence-corrected chi connectivity index (χ3v) is 4.56. The van der Waals surface area contributed by atoms with Gasteiger partial charge in [0.1, 0.15) is 0 Å². The fraction of sp³-hybridized carbons (Fsp3) is 0.158. The van der Waals surface area contributed by atoms with Crippen molar-refractivity contribution in [2.45, 2.75) is 0 Å². The molecule has 0 N–H and O–H groups in total. The van der Waals surface area contributed by atoms with Crippen molar-refractivity contribution in [1.82, 2.24) is 4.90 Å². The van der Waals surface area contributed by atoms with Crippen molar-refractivity contribution in [3.8, 4) is 0 Å². The van der Waals surface area contributed by atoms with E-state index in [1.165, 1.54) is 10.5 Å². The number of imide groups is 1. The van der Waals surface area contributed by atoms with E-state index in [0.29, 0.717) is 17.7 Å². The molecule has 116 valence electrons. The van der Waals surface area contributed by atoms with Crippen LogP contribution >= 0.6 is 11.8 Å². The van der Waals surface area contributed by atoms with Gasteiger partial charge in [-0.05, 0) is 17.7 Å². The molecule has 23 heavy (non-hydrogen) atoms. The van der Waals surface area contributed by atoms with Crippen LogP contribution in [0.25, 0.3) is 6.08 Å². The van der Waals surface area contributed by atoms with Gasteiger partial charge in [0.15, 0.2) is 0 Å². The molecule has 0 spiro atoms. The topological polar surface area (TPSA) is 37.4 Å². The molecular formula is C19H17NO2S. The van der Waals surface area contributed by atoms with Crippen molar-refractivity contribution in [2.75, 3.05) is 18.1 Å². The summed E-state index contributed by atoms with van der Waals surface area (Å²) in [5, 5.41) is 0. The zero-order valence-corrected chi connectivity index (χ0v) is 13.5. The summed E-state index contributed by atoms with van der Waals surface area (Å²) in [6.07, 6.45) is 4.18. The van der Waals surface area contributed by atoms with E-state index < -0.39 is 0 Å². The van der Waals surface area contributed by atoms with Gasteiger partial charge in [-0.25, -0.2) is 0 Å². The summed E-state index contributed by atoms with van der Waals surface area (Å²) in [4.78, 5) is 25.7. The summed E-state index contributed by atoms with van der Waals surface area (Å²) < 4.78 is 0. The van der Waals surface area contributed by atoms with E-state index in [1.807, 2.05) is 18.2 Å². The van der Waals surface area contributed by atoms with Crippen LogP contribution in [0.4, 0.5) is 0 Å². The number of rotatable bonds is 6. The molecule has 0 saturated carbocycles. The Morgan fingerprint density at radius 1 is 0.870 bits per heavy atom. The average Bonchev–Trinajstić information content (AvgIpc) is 2.84. The van der Waals surface area contributed by atoms with Gasteiger partial charge in [-0.3, -0.25) is 14.5 Å². The van der Waals surface area contributed by atoms with Gasteiger partial charge >= 0.3 is 0 Å². The predicted octanol–water partition coefficient (Wildman–Crippen LogP) is 3.73. The number of hydrogen-bond acceptors (Lipinski definition) is 3. The Labute approximate surface area is 140 Å². The summed E-state index contributed by atoms with van der Waals surface area (Å²) in [6.45, 7) is 0.455. The average molecular weight is 323 g/mol. The summed E-state index contributed by atoms with van der Waals surface area (Å²) in [7, 11) is 0. The van der Waals surface area contributed by atoms with Crippen LogP contribution in [0, 0.1) is 0 Å². The molecule has 0 atom stereocenters. The van der Waals surface area contributed by atoms with Gasteiger partial charge < -0.3 is 0 Å². The Morgan fingerprint density at radius 2 is 1.48 bits per heavy atom. The number of nitrogens with zero attached hydrogens (tertiary/aromatic N) is 1. The summed E-state index contributed by atoms with van der Waals surface area (Å²) in [6, 6.07) is 17.1. The van der Waals surface area contributed by atoms with Crippen LogP contribution in [0.3, 0.4) is 0 Å². The molecule has 1 heterocycles. The van der Waals surface area contributed by atoms with Crippen molar-refractivity contribution >= 4 is 29.7 Å². The van der Waals surface area contributed by atoms with Gasteiger partial charge in [-0.15, -0.1) is 0 Å². The highest BCUT2D eigenvalue weighted by Crippen LogP contribution is 2.22. The lowest BCUT2D eigenvalue weighted by atomic mass is 10.1. The molecule has 1 aliphatic heterocycles. The van der Waals surface area contributed by atoms with Crippen LogP contribution in [0.2, 0.25) is 0 Å². The minimum atomic E-state index is -0.175. The fourth-order valence-corrected chi connectivity index (χ4v) is 3.21. The number of carbonyl (C=O) groups is 2. The maximum Gasteiger partial charge on any atom is 0.261 e. The van der Waals surface area contributed by atoms with E-state index in [0.717, 1.165) is 11.5 Å². The van der Waals surface area contributed by atoms with E-state index in [9.17, 15) is 9.59 Å². The first-order valence-corrected chi connectivity index (χ1v) is 8.67. The molecular weight excluding hydrogens is 306 g/mol. The minimum Gasteiger partial charge on any atom is -0.274 e. The Kier molecular flexibility index (Phi) is 4.93. The molecule has 0 aliphatic carbocycles. The third-order valence-electron chi connectivity index (χ3n) is 3.66. The van der Waals surface area contributed by atoms with Crippen LogP contribution in [-0.4, -0.2) is 34.8 Å². The Bertz CT molecular complexity index is 705. The number of hydrogen-bond donors (Lipinski definition) is 0. The van der Waals surface area contributed by atoms with Gasteiger partial charge in [-0.2, -0.15) is 11.8 Å². The van der Waals surface area contributed by atoms with Crippen molar-refractivity contribution < 1.29 is 9.59 Å². The molecule has 1 aliphatic rings. The number of benzene rings is 2. The van der Waals surface area contributed by atoms with Crippen LogP contribution < -0.4 is 0 Å². The van der Waals surface area contributed by atoms with E-state index in [4.69, 9.17) is 0 Å². The highest BCUT2D eigenvalue weighted by Gasteiger charge is 2.34. The molecule has 4 heteroatoms. The highest BCUT2D eigenvalue weighted by molar-refractivity contribution is 7.99. The normalized spacial score (nSPS) is 13.8. The first-order chi connectivity index (χ1) is 11.3. The quantitative estimate of drug-likeness (QED) is 0.600. The summed E-state index contributed by atoms with van der Waals surface area (Å²) in [5.41, 5.74) is 2.21. The third kappa shape index (κ3) is 3.54. The lowest BCUT2D eigenvalue weighted by molar-refractivity contribution is 0.0664. The van der Waals surface area contributed by atoms with Crippen molar-refractivity contribution in [1.29, 1.82) is 0 Å². The zero-order valence-electron chi connectivity index (χ0n) is 12.6. The predicted molar refractivity (Wildman–Crippen MR) is 94.6 cm³/mol. The second kappa shape index (κ2) is 7.29. The number of carbonyl (C=O) groups excluding carboxylic acids is 2. The molecule has 3 rings (SSSR count). The maximum atomic E-state index is 12.2. The summed E-state index contributed by atoms with van der Waals surface area (Å²) >= 11 is 1.71. The van der Waals surface area contributed by atoms with Gasteiger partial charge in [0, 0.05) is 18.1 Å². The van der Waals surface area contributed by atoms with Gasteiger partial charge in [0.05, 0.1) is 11.1 Å². The molecule has 0 radical (unpaired) electrons. The molecule has 0 bridgehead atoms. The van der Waals surface area contributed by atoms with Gasteiger partial charge in [0.25, 0.3) is 11.8 Å². The second-order valence-corrected chi connectivity index (χ2v) is 6.35. The smallest absolute Gasteiger partial charge is 0.261 e. The highest BCUT2D eigenvalue weighted by atomic mass is 32.2. The monoisotopic (exact) mass is 323 g/mol. The second-order valence-electron chi connectivity index (χ2n) is 5.20. The molecule has 0 fully saturated rings. The first kappa shape index (κ1) is 15.6. The molecule has 0 aromatic heterocycles. The molecule has 0 saturated heterocycles. The molecule has 3 nitrogen and oxygen atoms in total. The molecule has 2 aromatic carbocycles. The number of amides is 2. The van der Waals surface area contributed by atoms with Crippen molar-refractivity contribution in [3.05, 3.63) is 77.4 Å².